The van der Waals surface area contributed by atoms with Crippen LogP contribution in [0.15, 0.2) is 63.0 Å². The number of nitrogens with two attached hydrogens (primary N) is 1. The second kappa shape index (κ2) is 8.05. The van der Waals surface area contributed by atoms with Crippen molar-refractivity contribution in [3.8, 4) is 0 Å². The number of benzene rings is 2. The quantitative estimate of drug-likeness (QED) is 0.602. The standard InChI is InChI=1S/C19H19BrN4O4S/c1-12(13-3-6-15(7-4-13)29(21,27)28)23(2)18(25)10-24-11-22-17-8-5-14(20)9-16(17)19(24)26/h3-9,11-12H,10H2,1-2H3,(H2,21,27,28). The van der Waals surface area contributed by atoms with Crippen LogP contribution in [-0.4, -0.2) is 35.8 Å². The number of hydrogen-bond acceptors (Lipinski definition) is 5. The van der Waals surface area contributed by atoms with Crippen LogP contribution >= 0.6 is 15.9 Å². The molecule has 0 bridgehead atoms. The number of sulfonamides is 1. The van der Waals surface area contributed by atoms with Gasteiger partial charge in [0.05, 0.1) is 28.2 Å². The van der Waals surface area contributed by atoms with Crippen LogP contribution in [0.1, 0.15) is 18.5 Å². The van der Waals surface area contributed by atoms with Crippen LogP contribution in [0.3, 0.4) is 0 Å². The molecule has 10 heteroatoms. The Hall–Kier alpha value is -2.56. The number of aromatic nitrogens is 2. The van der Waals surface area contributed by atoms with Crippen LogP contribution in [0.25, 0.3) is 10.9 Å². The van der Waals surface area contributed by atoms with Gasteiger partial charge in [0, 0.05) is 11.5 Å². The topological polar surface area (TPSA) is 115 Å². The number of carbonyl (C=O) groups excluding carboxylic acids is 1. The van der Waals surface area contributed by atoms with E-state index >= 15 is 0 Å². The molecule has 2 N–H and O–H groups in total. The highest BCUT2D eigenvalue weighted by Crippen LogP contribution is 2.21. The van der Waals surface area contributed by atoms with Gasteiger partial charge in [0.2, 0.25) is 15.9 Å². The maximum absolute atomic E-state index is 12.7. The molecule has 0 saturated heterocycles. The number of carbonyl (C=O) groups is 1. The van der Waals surface area contributed by atoms with Crippen LogP contribution in [0.4, 0.5) is 0 Å². The molecule has 29 heavy (non-hydrogen) atoms. The van der Waals surface area contributed by atoms with Crippen molar-refractivity contribution in [2.75, 3.05) is 7.05 Å². The molecule has 8 nitrogen and oxygen atoms in total. The molecule has 1 unspecified atom stereocenters. The first-order valence-electron chi connectivity index (χ1n) is 8.61. The van der Waals surface area contributed by atoms with Crippen LogP contribution in [0.2, 0.25) is 0 Å². The lowest BCUT2D eigenvalue weighted by atomic mass is 10.1. The molecule has 0 fully saturated rings. The zero-order valence-corrected chi connectivity index (χ0v) is 18.1. The summed E-state index contributed by atoms with van der Waals surface area (Å²) in [6.45, 7) is 1.65. The van der Waals surface area contributed by atoms with E-state index < -0.39 is 10.0 Å². The first kappa shape index (κ1) is 21.2. The van der Waals surface area contributed by atoms with Crippen molar-refractivity contribution < 1.29 is 13.2 Å². The van der Waals surface area contributed by atoms with Gasteiger partial charge in [-0.25, -0.2) is 18.5 Å². The van der Waals surface area contributed by atoms with E-state index in [4.69, 9.17) is 5.14 Å². The monoisotopic (exact) mass is 478 g/mol. The molecule has 2 aromatic carbocycles. The molecular formula is C19H19BrN4O4S. The molecule has 1 heterocycles. The Labute approximate surface area is 176 Å². The molecule has 1 atom stereocenters. The second-order valence-electron chi connectivity index (χ2n) is 6.63. The Kier molecular flexibility index (Phi) is 5.87. The summed E-state index contributed by atoms with van der Waals surface area (Å²) in [5.41, 5.74) is 0.989. The molecule has 152 valence electrons. The van der Waals surface area contributed by atoms with Crippen LogP contribution in [0, 0.1) is 0 Å². The predicted octanol–water partition coefficient (Wildman–Crippen LogP) is 2.03. The molecule has 0 aliphatic heterocycles. The van der Waals surface area contributed by atoms with Crippen molar-refractivity contribution in [1.82, 2.24) is 14.5 Å². The lowest BCUT2D eigenvalue weighted by Crippen LogP contribution is -2.35. The molecular weight excluding hydrogens is 460 g/mol. The van der Waals surface area contributed by atoms with Crippen molar-refractivity contribution >= 4 is 42.8 Å². The van der Waals surface area contributed by atoms with Gasteiger partial charge in [-0.1, -0.05) is 28.1 Å². The number of halogens is 1. The average Bonchev–Trinajstić information content (AvgIpc) is 2.68. The summed E-state index contributed by atoms with van der Waals surface area (Å²) in [5, 5.41) is 5.53. The van der Waals surface area contributed by atoms with Gasteiger partial charge in [-0.05, 0) is 42.8 Å². The summed E-state index contributed by atoms with van der Waals surface area (Å²) in [6, 6.07) is 10.9. The van der Waals surface area contributed by atoms with Gasteiger partial charge in [-0.15, -0.1) is 0 Å². The third-order valence-corrected chi connectivity index (χ3v) is 6.18. The maximum atomic E-state index is 12.7. The number of primary sulfonamides is 1. The molecule has 0 spiro atoms. The zero-order valence-electron chi connectivity index (χ0n) is 15.7. The van der Waals surface area contributed by atoms with Gasteiger partial charge in [-0.2, -0.15) is 0 Å². The van der Waals surface area contributed by atoms with Crippen molar-refractivity contribution in [2.45, 2.75) is 24.4 Å². The average molecular weight is 479 g/mol. The molecule has 0 radical (unpaired) electrons. The largest absolute Gasteiger partial charge is 0.337 e. The van der Waals surface area contributed by atoms with Crippen LogP contribution < -0.4 is 10.7 Å². The molecule has 1 aromatic heterocycles. The number of likely N-dealkylation sites (N-methyl/N-ethyl adjacent to an activating group) is 1. The Morgan fingerprint density at radius 1 is 1.24 bits per heavy atom. The van der Waals surface area contributed by atoms with Crippen molar-refractivity contribution in [1.29, 1.82) is 0 Å². The lowest BCUT2D eigenvalue weighted by molar-refractivity contribution is -0.132. The van der Waals surface area contributed by atoms with E-state index in [9.17, 15) is 18.0 Å². The zero-order chi connectivity index (χ0) is 21.3. The van der Waals surface area contributed by atoms with Gasteiger partial charge in [-0.3, -0.25) is 14.2 Å². The van der Waals surface area contributed by atoms with Crippen LogP contribution in [-0.2, 0) is 21.4 Å². The maximum Gasteiger partial charge on any atom is 0.261 e. The Bertz CT molecular complexity index is 1240. The second-order valence-corrected chi connectivity index (χ2v) is 9.11. The Morgan fingerprint density at radius 2 is 1.90 bits per heavy atom. The van der Waals surface area contributed by atoms with Gasteiger partial charge < -0.3 is 4.90 Å². The molecule has 0 aliphatic carbocycles. The fourth-order valence-corrected chi connectivity index (χ4v) is 3.75. The number of fused-ring (bicyclic) bond motifs is 1. The van der Waals surface area contributed by atoms with E-state index in [0.29, 0.717) is 10.9 Å². The summed E-state index contributed by atoms with van der Waals surface area (Å²) >= 11 is 3.33. The smallest absolute Gasteiger partial charge is 0.261 e. The van der Waals surface area contributed by atoms with E-state index in [1.54, 1.807) is 37.4 Å². The first-order chi connectivity index (χ1) is 13.6. The first-order valence-corrected chi connectivity index (χ1v) is 10.9. The van der Waals surface area contributed by atoms with Gasteiger partial charge in [0.1, 0.15) is 6.54 Å². The van der Waals surface area contributed by atoms with E-state index in [2.05, 4.69) is 20.9 Å². The van der Waals surface area contributed by atoms with Crippen LogP contribution in [0.5, 0.6) is 0 Å². The van der Waals surface area contributed by atoms with Gasteiger partial charge in [0.15, 0.2) is 0 Å². The minimum absolute atomic E-state index is 0.00220. The van der Waals surface area contributed by atoms with Crippen molar-refractivity contribution in [2.24, 2.45) is 5.14 Å². The highest BCUT2D eigenvalue weighted by Gasteiger charge is 2.19. The summed E-state index contributed by atoms with van der Waals surface area (Å²) in [5.74, 6) is -0.286. The fraction of sp³-hybridized carbons (Fsp3) is 0.211. The third-order valence-electron chi connectivity index (χ3n) is 4.76. The fourth-order valence-electron chi connectivity index (χ4n) is 2.88. The van der Waals surface area contributed by atoms with Crippen molar-refractivity contribution in [3.05, 3.63) is 69.2 Å². The minimum atomic E-state index is -3.78. The highest BCUT2D eigenvalue weighted by molar-refractivity contribution is 9.10. The highest BCUT2D eigenvalue weighted by atomic mass is 79.9. The SMILES string of the molecule is CC(c1ccc(S(N)(=O)=O)cc1)N(C)C(=O)Cn1cnc2ccc(Br)cc2c1=O. The minimum Gasteiger partial charge on any atom is -0.337 e. The van der Waals surface area contributed by atoms with E-state index in [0.717, 1.165) is 10.0 Å². The molecule has 1 amide bonds. The Balaban J connectivity index is 1.81. The van der Waals surface area contributed by atoms with Gasteiger partial charge >= 0.3 is 0 Å². The number of nitrogens with zero attached hydrogens (tertiary/aromatic N) is 3. The molecule has 0 aliphatic rings. The Morgan fingerprint density at radius 3 is 2.52 bits per heavy atom. The molecule has 3 aromatic rings. The normalized spacial score (nSPS) is 12.7. The van der Waals surface area contributed by atoms with Gasteiger partial charge in [0.25, 0.3) is 5.56 Å². The molecule has 0 saturated carbocycles. The number of hydrogen-bond donors (Lipinski definition) is 1. The van der Waals surface area contributed by atoms with Crippen molar-refractivity contribution in [3.63, 3.8) is 0 Å². The predicted molar refractivity (Wildman–Crippen MR) is 113 cm³/mol. The summed E-state index contributed by atoms with van der Waals surface area (Å²) < 4.78 is 24.8. The number of rotatable bonds is 5. The molecule has 3 rings (SSSR count). The van der Waals surface area contributed by atoms with E-state index in [1.165, 1.54) is 27.9 Å². The number of amides is 1. The third kappa shape index (κ3) is 4.55. The van der Waals surface area contributed by atoms with E-state index in [-0.39, 0.29) is 28.9 Å². The summed E-state index contributed by atoms with van der Waals surface area (Å²) in [6.07, 6.45) is 1.36. The lowest BCUT2D eigenvalue weighted by Gasteiger charge is -2.25. The van der Waals surface area contributed by atoms with E-state index in [1.807, 2.05) is 6.92 Å². The summed E-state index contributed by atoms with van der Waals surface area (Å²) in [7, 11) is -2.16. The summed E-state index contributed by atoms with van der Waals surface area (Å²) in [4.78, 5) is 31.1.